The van der Waals surface area contributed by atoms with Gasteiger partial charge in [-0.2, -0.15) is 0 Å². The summed E-state index contributed by atoms with van der Waals surface area (Å²) >= 11 is 0. The lowest BCUT2D eigenvalue weighted by atomic mass is 10.0. The largest absolute Gasteiger partial charge is 0.469 e. The summed E-state index contributed by atoms with van der Waals surface area (Å²) in [7, 11) is 0. The SMILES string of the molecule is CC(=O)c1ccc(Cc2ccoc2CC(=O)C(=O)c2nc[nH]n2)cc1. The Balaban J connectivity index is 1.71. The number of hydrogen-bond donors (Lipinski definition) is 1. The molecule has 0 bridgehead atoms. The van der Waals surface area contributed by atoms with E-state index in [1.54, 1.807) is 18.2 Å². The van der Waals surface area contributed by atoms with Crippen LogP contribution in [0.2, 0.25) is 0 Å². The fraction of sp³-hybridized carbons (Fsp3) is 0.167. The van der Waals surface area contributed by atoms with Crippen molar-refractivity contribution in [2.75, 3.05) is 0 Å². The van der Waals surface area contributed by atoms with Crippen LogP contribution in [0.25, 0.3) is 0 Å². The van der Waals surface area contributed by atoms with Crippen molar-refractivity contribution in [2.45, 2.75) is 19.8 Å². The molecule has 7 heteroatoms. The molecule has 25 heavy (non-hydrogen) atoms. The molecule has 0 spiro atoms. The summed E-state index contributed by atoms with van der Waals surface area (Å²) < 4.78 is 5.36. The van der Waals surface area contributed by atoms with Crippen molar-refractivity contribution in [1.82, 2.24) is 15.2 Å². The van der Waals surface area contributed by atoms with Gasteiger partial charge in [-0.3, -0.25) is 19.5 Å². The van der Waals surface area contributed by atoms with Crippen molar-refractivity contribution in [1.29, 1.82) is 0 Å². The maximum Gasteiger partial charge on any atom is 0.268 e. The van der Waals surface area contributed by atoms with E-state index in [9.17, 15) is 14.4 Å². The summed E-state index contributed by atoms with van der Waals surface area (Å²) in [5, 5.41) is 6.01. The van der Waals surface area contributed by atoms with Gasteiger partial charge in [-0.25, -0.2) is 4.98 Å². The molecule has 0 aliphatic rings. The van der Waals surface area contributed by atoms with E-state index in [1.165, 1.54) is 19.5 Å². The number of hydrogen-bond acceptors (Lipinski definition) is 6. The number of carbonyl (C=O) groups excluding carboxylic acids is 3. The van der Waals surface area contributed by atoms with Gasteiger partial charge < -0.3 is 4.42 Å². The van der Waals surface area contributed by atoms with Crippen molar-refractivity contribution in [3.05, 3.63) is 71.2 Å². The van der Waals surface area contributed by atoms with E-state index in [1.807, 2.05) is 12.1 Å². The van der Waals surface area contributed by atoms with Gasteiger partial charge >= 0.3 is 0 Å². The maximum atomic E-state index is 12.1. The third-order valence-electron chi connectivity index (χ3n) is 3.79. The molecule has 0 saturated carbocycles. The molecule has 0 radical (unpaired) electrons. The fourth-order valence-electron chi connectivity index (χ4n) is 2.43. The van der Waals surface area contributed by atoms with Gasteiger partial charge in [-0.15, -0.1) is 5.10 Å². The zero-order chi connectivity index (χ0) is 17.8. The number of furan rings is 1. The molecule has 7 nitrogen and oxygen atoms in total. The summed E-state index contributed by atoms with van der Waals surface area (Å²) in [4.78, 5) is 39.0. The molecular weight excluding hydrogens is 322 g/mol. The zero-order valence-electron chi connectivity index (χ0n) is 13.5. The van der Waals surface area contributed by atoms with Crippen molar-refractivity contribution in [2.24, 2.45) is 0 Å². The average molecular weight is 337 g/mol. The molecule has 1 N–H and O–H groups in total. The smallest absolute Gasteiger partial charge is 0.268 e. The predicted octanol–water partition coefficient (Wildman–Crippen LogP) is 2.19. The third kappa shape index (κ3) is 3.77. The Bertz CT molecular complexity index is 908. The van der Waals surface area contributed by atoms with Gasteiger partial charge in [0.25, 0.3) is 5.78 Å². The maximum absolute atomic E-state index is 12.1. The lowest BCUT2D eigenvalue weighted by Crippen LogP contribution is -2.18. The Kier molecular flexibility index (Phi) is 4.65. The minimum Gasteiger partial charge on any atom is -0.469 e. The van der Waals surface area contributed by atoms with E-state index < -0.39 is 11.6 Å². The Hall–Kier alpha value is -3.35. The van der Waals surface area contributed by atoms with Gasteiger partial charge in [-0.1, -0.05) is 24.3 Å². The van der Waals surface area contributed by atoms with E-state index in [2.05, 4.69) is 15.2 Å². The minimum absolute atomic E-state index is 0.00614. The van der Waals surface area contributed by atoms with Crippen LogP contribution in [0.5, 0.6) is 0 Å². The van der Waals surface area contributed by atoms with E-state index in [4.69, 9.17) is 4.42 Å². The van der Waals surface area contributed by atoms with Gasteiger partial charge in [0.2, 0.25) is 11.6 Å². The normalized spacial score (nSPS) is 10.6. The molecule has 0 fully saturated rings. The molecule has 3 rings (SSSR count). The Labute approximate surface area is 143 Å². The van der Waals surface area contributed by atoms with Gasteiger partial charge in [0.05, 0.1) is 12.7 Å². The van der Waals surface area contributed by atoms with Gasteiger partial charge in [-0.05, 0) is 24.1 Å². The number of rotatable bonds is 7. The number of carbonyl (C=O) groups is 3. The number of benzene rings is 1. The molecule has 0 unspecified atom stereocenters. The molecule has 0 saturated heterocycles. The van der Waals surface area contributed by atoms with Crippen molar-refractivity contribution in [3.8, 4) is 0 Å². The predicted molar refractivity (Wildman–Crippen MR) is 87.4 cm³/mol. The van der Waals surface area contributed by atoms with E-state index >= 15 is 0 Å². The van der Waals surface area contributed by atoms with Crippen LogP contribution >= 0.6 is 0 Å². The molecule has 1 aromatic carbocycles. The first-order valence-electron chi connectivity index (χ1n) is 7.63. The van der Waals surface area contributed by atoms with Gasteiger partial charge in [0.15, 0.2) is 5.78 Å². The highest BCUT2D eigenvalue weighted by atomic mass is 16.3. The molecule has 0 atom stereocenters. The Morgan fingerprint density at radius 2 is 1.88 bits per heavy atom. The summed E-state index contributed by atoms with van der Waals surface area (Å²) in [6.45, 7) is 1.51. The Morgan fingerprint density at radius 1 is 1.12 bits per heavy atom. The van der Waals surface area contributed by atoms with Crippen LogP contribution < -0.4 is 0 Å². The number of aromatic amines is 1. The lowest BCUT2D eigenvalue weighted by molar-refractivity contribution is -0.114. The fourth-order valence-corrected chi connectivity index (χ4v) is 2.43. The van der Waals surface area contributed by atoms with Crippen LogP contribution in [0.3, 0.4) is 0 Å². The number of Topliss-reactive ketones (excluding diaryl/α,β-unsaturated/α-hetero) is 3. The zero-order valence-corrected chi connectivity index (χ0v) is 13.5. The van der Waals surface area contributed by atoms with E-state index in [0.717, 1.165) is 11.1 Å². The second kappa shape index (κ2) is 7.04. The van der Waals surface area contributed by atoms with Crippen molar-refractivity contribution >= 4 is 17.3 Å². The highest BCUT2D eigenvalue weighted by molar-refractivity contribution is 6.43. The first-order chi connectivity index (χ1) is 12.0. The van der Waals surface area contributed by atoms with Crippen molar-refractivity contribution < 1.29 is 18.8 Å². The molecule has 126 valence electrons. The minimum atomic E-state index is -0.755. The van der Waals surface area contributed by atoms with E-state index in [-0.39, 0.29) is 18.0 Å². The van der Waals surface area contributed by atoms with Crippen LogP contribution in [0.4, 0.5) is 0 Å². The molecule has 2 aromatic heterocycles. The third-order valence-corrected chi connectivity index (χ3v) is 3.79. The van der Waals surface area contributed by atoms with Crippen LogP contribution in [0.1, 0.15) is 44.8 Å². The highest BCUT2D eigenvalue weighted by Crippen LogP contribution is 2.18. The van der Waals surface area contributed by atoms with Crippen LogP contribution in [-0.4, -0.2) is 32.5 Å². The molecular formula is C18H15N3O4. The molecule has 0 aliphatic heterocycles. The summed E-state index contributed by atoms with van der Waals surface area (Å²) in [6.07, 6.45) is 3.11. The molecule has 0 amide bonds. The van der Waals surface area contributed by atoms with Crippen LogP contribution in [0, 0.1) is 0 Å². The topological polar surface area (TPSA) is 106 Å². The second-order valence-electron chi connectivity index (χ2n) is 5.55. The average Bonchev–Trinajstić information content (AvgIpc) is 3.27. The molecule has 3 aromatic rings. The quantitative estimate of drug-likeness (QED) is 0.523. The van der Waals surface area contributed by atoms with Crippen molar-refractivity contribution in [3.63, 3.8) is 0 Å². The number of H-pyrrole nitrogens is 1. The first-order valence-corrected chi connectivity index (χ1v) is 7.63. The number of nitrogens with zero attached hydrogens (tertiary/aromatic N) is 2. The van der Waals surface area contributed by atoms with Gasteiger partial charge in [0.1, 0.15) is 12.1 Å². The van der Waals surface area contributed by atoms with Gasteiger partial charge in [0, 0.05) is 12.0 Å². The number of ketones is 3. The lowest BCUT2D eigenvalue weighted by Gasteiger charge is -2.03. The summed E-state index contributed by atoms with van der Waals surface area (Å²) in [5.74, 6) is -1.11. The standard InChI is InChI=1S/C18H15N3O4/c1-11(22)13-4-2-12(3-5-13)8-14-6-7-25-16(14)9-15(23)17(24)18-19-10-20-21-18/h2-7,10H,8-9H2,1H3,(H,19,20,21). The summed E-state index contributed by atoms with van der Waals surface area (Å²) in [6, 6.07) is 8.99. The number of nitrogens with one attached hydrogen (secondary N) is 1. The number of aromatic nitrogens is 3. The molecule has 2 heterocycles. The molecule has 0 aliphatic carbocycles. The van der Waals surface area contributed by atoms with Crippen LogP contribution in [-0.2, 0) is 17.6 Å². The van der Waals surface area contributed by atoms with Crippen LogP contribution in [0.15, 0.2) is 47.3 Å². The highest BCUT2D eigenvalue weighted by Gasteiger charge is 2.22. The monoisotopic (exact) mass is 337 g/mol. The summed E-state index contributed by atoms with van der Waals surface area (Å²) in [5.41, 5.74) is 2.43. The Morgan fingerprint density at radius 3 is 2.52 bits per heavy atom. The second-order valence-corrected chi connectivity index (χ2v) is 5.55. The first kappa shape index (κ1) is 16.5. The van der Waals surface area contributed by atoms with E-state index in [0.29, 0.717) is 17.7 Å².